The lowest BCUT2D eigenvalue weighted by molar-refractivity contribution is 0.819. The summed E-state index contributed by atoms with van der Waals surface area (Å²) in [5.74, 6) is 0.767. The van der Waals surface area contributed by atoms with Crippen LogP contribution < -0.4 is 10.6 Å². The minimum Gasteiger partial charge on any atom is -0.393 e. The van der Waals surface area contributed by atoms with E-state index in [0.717, 1.165) is 23.4 Å². The van der Waals surface area contributed by atoms with E-state index in [-0.39, 0.29) is 0 Å². The number of nitrogens with two attached hydrogens (primary N) is 1. The average molecular weight is 323 g/mol. The summed E-state index contributed by atoms with van der Waals surface area (Å²) in [6.45, 7) is 3.59. The first-order valence-corrected chi connectivity index (χ1v) is 6.46. The fourth-order valence-electron chi connectivity index (χ4n) is 1.30. The SMILES string of the molecule is CCN(CCC(N)=S)c1ncc(Br)cc1Cl. The van der Waals surface area contributed by atoms with Crippen molar-refractivity contribution in [1.82, 2.24) is 4.98 Å². The van der Waals surface area contributed by atoms with E-state index >= 15 is 0 Å². The standard InChI is InChI=1S/C10H13BrClN3S/c1-2-15(4-3-9(13)16)10-8(12)5-7(11)6-14-10/h5-6H,2-4H2,1H3,(H2,13,16). The molecule has 0 saturated heterocycles. The topological polar surface area (TPSA) is 42.1 Å². The van der Waals surface area contributed by atoms with Gasteiger partial charge in [0.05, 0.1) is 10.0 Å². The molecule has 6 heteroatoms. The molecule has 0 fully saturated rings. The van der Waals surface area contributed by atoms with Crippen molar-refractivity contribution in [2.75, 3.05) is 18.0 Å². The minimum atomic E-state index is 0.506. The molecule has 0 aromatic carbocycles. The Morgan fingerprint density at radius 3 is 2.88 bits per heavy atom. The van der Waals surface area contributed by atoms with Gasteiger partial charge in [-0.05, 0) is 28.9 Å². The third-order valence-corrected chi connectivity index (χ3v) is 3.01. The van der Waals surface area contributed by atoms with E-state index in [2.05, 4.69) is 20.9 Å². The van der Waals surface area contributed by atoms with Gasteiger partial charge in [0.15, 0.2) is 0 Å². The van der Waals surface area contributed by atoms with Crippen molar-refractivity contribution in [3.8, 4) is 0 Å². The predicted molar refractivity (Wildman–Crippen MR) is 76.2 cm³/mol. The second-order valence-electron chi connectivity index (χ2n) is 3.25. The largest absolute Gasteiger partial charge is 0.393 e. The first kappa shape index (κ1) is 13.7. The Morgan fingerprint density at radius 2 is 2.38 bits per heavy atom. The van der Waals surface area contributed by atoms with Crippen LogP contribution in [0.4, 0.5) is 5.82 Å². The molecule has 0 unspecified atom stereocenters. The number of rotatable bonds is 5. The van der Waals surface area contributed by atoms with Crippen molar-refractivity contribution in [2.45, 2.75) is 13.3 Å². The summed E-state index contributed by atoms with van der Waals surface area (Å²) in [5, 5.41) is 0.624. The number of halogens is 2. The molecule has 1 heterocycles. The fraction of sp³-hybridized carbons (Fsp3) is 0.400. The zero-order chi connectivity index (χ0) is 12.1. The lowest BCUT2D eigenvalue weighted by Gasteiger charge is -2.22. The van der Waals surface area contributed by atoms with Crippen molar-refractivity contribution in [2.24, 2.45) is 5.73 Å². The molecule has 0 radical (unpaired) electrons. The van der Waals surface area contributed by atoms with Gasteiger partial charge in [0.2, 0.25) is 0 Å². The van der Waals surface area contributed by atoms with Gasteiger partial charge in [-0.3, -0.25) is 0 Å². The number of pyridine rings is 1. The maximum absolute atomic E-state index is 6.12. The molecule has 1 aromatic heterocycles. The lowest BCUT2D eigenvalue weighted by Crippen LogP contribution is -2.28. The summed E-state index contributed by atoms with van der Waals surface area (Å²) in [6, 6.07) is 1.83. The number of nitrogens with zero attached hydrogens (tertiary/aromatic N) is 2. The summed E-state index contributed by atoms with van der Waals surface area (Å²) in [5.41, 5.74) is 5.48. The average Bonchev–Trinajstić information content (AvgIpc) is 2.21. The molecule has 0 saturated carbocycles. The number of anilines is 1. The number of aromatic nitrogens is 1. The number of hydrogen-bond donors (Lipinski definition) is 1. The van der Waals surface area contributed by atoms with Crippen LogP contribution in [-0.2, 0) is 0 Å². The molecular weight excluding hydrogens is 310 g/mol. The van der Waals surface area contributed by atoms with Crippen LogP contribution in [0.3, 0.4) is 0 Å². The van der Waals surface area contributed by atoms with Gasteiger partial charge in [-0.15, -0.1) is 0 Å². The molecule has 1 rings (SSSR count). The minimum absolute atomic E-state index is 0.506. The second-order valence-corrected chi connectivity index (χ2v) is 5.10. The molecule has 0 aliphatic heterocycles. The highest BCUT2D eigenvalue weighted by molar-refractivity contribution is 9.10. The molecule has 3 nitrogen and oxygen atoms in total. The van der Waals surface area contributed by atoms with Crippen molar-refractivity contribution in [1.29, 1.82) is 0 Å². The van der Waals surface area contributed by atoms with Gasteiger partial charge in [0, 0.05) is 30.2 Å². The van der Waals surface area contributed by atoms with Gasteiger partial charge < -0.3 is 10.6 Å². The maximum Gasteiger partial charge on any atom is 0.147 e. The monoisotopic (exact) mass is 321 g/mol. The van der Waals surface area contributed by atoms with Crippen LogP contribution in [0.2, 0.25) is 5.02 Å². The Labute approximate surface area is 114 Å². The van der Waals surface area contributed by atoms with E-state index in [1.807, 2.05) is 17.9 Å². The van der Waals surface area contributed by atoms with E-state index in [1.54, 1.807) is 6.20 Å². The molecule has 0 atom stereocenters. The van der Waals surface area contributed by atoms with Crippen LogP contribution in [0.15, 0.2) is 16.7 Å². The van der Waals surface area contributed by atoms with Gasteiger partial charge in [-0.2, -0.15) is 0 Å². The Balaban J connectivity index is 2.82. The van der Waals surface area contributed by atoms with Gasteiger partial charge in [0.1, 0.15) is 5.82 Å². The highest BCUT2D eigenvalue weighted by Gasteiger charge is 2.10. The van der Waals surface area contributed by atoms with E-state index in [4.69, 9.17) is 29.6 Å². The highest BCUT2D eigenvalue weighted by atomic mass is 79.9. The first-order valence-electron chi connectivity index (χ1n) is 4.89. The van der Waals surface area contributed by atoms with E-state index in [1.165, 1.54) is 0 Å². The smallest absolute Gasteiger partial charge is 0.147 e. The molecule has 2 N–H and O–H groups in total. The number of thiocarbonyl (C=S) groups is 1. The molecule has 0 bridgehead atoms. The van der Waals surface area contributed by atoms with E-state index in [9.17, 15) is 0 Å². The molecule has 0 spiro atoms. The fourth-order valence-corrected chi connectivity index (χ4v) is 2.14. The van der Waals surface area contributed by atoms with Crippen LogP contribution in [0.25, 0.3) is 0 Å². The van der Waals surface area contributed by atoms with Gasteiger partial charge in [-0.1, -0.05) is 23.8 Å². The maximum atomic E-state index is 6.12. The molecule has 0 aliphatic rings. The highest BCUT2D eigenvalue weighted by Crippen LogP contribution is 2.26. The predicted octanol–water partition coefficient (Wildman–Crippen LogP) is 3.00. The second kappa shape index (κ2) is 6.37. The molecular formula is C10H13BrClN3S. The van der Waals surface area contributed by atoms with Crippen molar-refractivity contribution >= 4 is 50.6 Å². The zero-order valence-corrected chi connectivity index (χ0v) is 12.1. The molecule has 0 aliphatic carbocycles. The van der Waals surface area contributed by atoms with Crippen molar-refractivity contribution < 1.29 is 0 Å². The van der Waals surface area contributed by atoms with E-state index < -0.39 is 0 Å². The van der Waals surface area contributed by atoms with Crippen molar-refractivity contribution in [3.05, 3.63) is 21.8 Å². The number of hydrogen-bond acceptors (Lipinski definition) is 3. The Morgan fingerprint density at radius 1 is 1.69 bits per heavy atom. The van der Waals surface area contributed by atoms with Crippen LogP contribution in [0, 0.1) is 0 Å². The molecule has 16 heavy (non-hydrogen) atoms. The first-order chi connectivity index (χ1) is 7.54. The van der Waals surface area contributed by atoms with E-state index in [0.29, 0.717) is 16.4 Å². The summed E-state index contributed by atoms with van der Waals surface area (Å²) in [7, 11) is 0. The summed E-state index contributed by atoms with van der Waals surface area (Å²) < 4.78 is 0.867. The van der Waals surface area contributed by atoms with Crippen LogP contribution in [0.1, 0.15) is 13.3 Å². The van der Waals surface area contributed by atoms with Crippen molar-refractivity contribution in [3.63, 3.8) is 0 Å². The Hall–Kier alpha value is -0.390. The Kier molecular flexibility index (Phi) is 5.44. The summed E-state index contributed by atoms with van der Waals surface area (Å²) >= 11 is 14.3. The van der Waals surface area contributed by atoms with Gasteiger partial charge in [-0.25, -0.2) is 4.98 Å². The third kappa shape index (κ3) is 3.88. The Bertz CT molecular complexity index is 386. The molecule has 88 valence electrons. The quantitative estimate of drug-likeness (QED) is 0.846. The molecule has 0 amide bonds. The third-order valence-electron chi connectivity index (χ3n) is 2.10. The molecule has 1 aromatic rings. The van der Waals surface area contributed by atoms with Crippen LogP contribution in [0.5, 0.6) is 0 Å². The van der Waals surface area contributed by atoms with Crippen LogP contribution >= 0.6 is 39.7 Å². The zero-order valence-electron chi connectivity index (χ0n) is 8.91. The lowest BCUT2D eigenvalue weighted by atomic mass is 10.3. The van der Waals surface area contributed by atoms with Crippen LogP contribution in [-0.4, -0.2) is 23.1 Å². The summed E-state index contributed by atoms with van der Waals surface area (Å²) in [4.78, 5) is 6.85. The van der Waals surface area contributed by atoms with Gasteiger partial charge in [0.25, 0.3) is 0 Å². The van der Waals surface area contributed by atoms with Gasteiger partial charge >= 0.3 is 0 Å². The normalized spacial score (nSPS) is 10.2. The summed E-state index contributed by atoms with van der Waals surface area (Å²) in [6.07, 6.45) is 2.39.